The molecule has 0 aliphatic carbocycles. The molecule has 0 radical (unpaired) electrons. The number of nitrogens with zero attached hydrogens (tertiary/aromatic N) is 2. The van der Waals surface area contributed by atoms with E-state index in [-0.39, 0.29) is 24.9 Å². The average molecular weight is 452 g/mol. The Morgan fingerprint density at radius 2 is 1.62 bits per heavy atom. The van der Waals surface area contributed by atoms with Gasteiger partial charge < -0.3 is 29.9 Å². The van der Waals surface area contributed by atoms with E-state index in [0.29, 0.717) is 38.3 Å². The molecule has 178 valence electrons. The number of ether oxygens (including phenoxy) is 2. The maximum absolute atomic E-state index is 12.2. The summed E-state index contributed by atoms with van der Waals surface area (Å²) < 4.78 is 10.6. The van der Waals surface area contributed by atoms with Crippen molar-refractivity contribution in [2.75, 3.05) is 39.3 Å². The van der Waals surface area contributed by atoms with Crippen molar-refractivity contribution in [3.8, 4) is 5.75 Å². The van der Waals surface area contributed by atoms with Crippen molar-refractivity contribution in [1.29, 1.82) is 0 Å². The van der Waals surface area contributed by atoms with E-state index in [1.165, 1.54) is 19.1 Å². The molecule has 1 heterocycles. The Kier molecular flexibility index (Phi) is 8.31. The van der Waals surface area contributed by atoms with Gasteiger partial charge in [-0.05, 0) is 45.4 Å². The summed E-state index contributed by atoms with van der Waals surface area (Å²) in [4.78, 5) is 39.8. The minimum Gasteiger partial charge on any atom is -0.508 e. The molecule has 10 nitrogen and oxygen atoms in total. The third-order valence-electron chi connectivity index (χ3n) is 5.01. The monoisotopic (exact) mass is 451 g/mol. The Balaban J connectivity index is 1.76. The van der Waals surface area contributed by atoms with Gasteiger partial charge in [0.25, 0.3) is 0 Å². The van der Waals surface area contributed by atoms with Crippen molar-refractivity contribution >= 4 is 18.2 Å². The molecule has 1 saturated heterocycles. The van der Waals surface area contributed by atoms with E-state index < -0.39 is 23.2 Å². The van der Waals surface area contributed by atoms with Crippen LogP contribution in [0.15, 0.2) is 24.3 Å². The van der Waals surface area contributed by atoms with E-state index >= 15 is 0 Å². The zero-order chi connectivity index (χ0) is 23.9. The minimum absolute atomic E-state index is 0.0321. The summed E-state index contributed by atoms with van der Waals surface area (Å²) in [6.45, 7) is 9.71. The number of phenols is 1. The summed E-state index contributed by atoms with van der Waals surface area (Å²) in [5.41, 5.74) is -1.45. The molecule has 2 amide bonds. The first-order valence-electron chi connectivity index (χ1n) is 10.5. The number of carbonyl (C=O) groups is 3. The Morgan fingerprint density at radius 1 is 1.03 bits per heavy atom. The van der Waals surface area contributed by atoms with Crippen LogP contribution in [-0.2, 0) is 20.7 Å². The van der Waals surface area contributed by atoms with Gasteiger partial charge in [-0.1, -0.05) is 12.1 Å². The summed E-state index contributed by atoms with van der Waals surface area (Å²) in [5.74, 6) is -1.12. The molecule has 0 saturated carbocycles. The number of piperazine rings is 1. The molecule has 32 heavy (non-hydrogen) atoms. The highest BCUT2D eigenvalue weighted by Gasteiger charge is 2.36. The summed E-state index contributed by atoms with van der Waals surface area (Å²) in [5, 5.41) is 21.4. The van der Waals surface area contributed by atoms with Crippen molar-refractivity contribution in [2.45, 2.75) is 45.3 Å². The number of phenolic OH excluding ortho intramolecular Hbond substituents is 1. The first-order chi connectivity index (χ1) is 14.9. The number of hydrogen-bond donors (Lipinski definition) is 3. The molecule has 0 bridgehead atoms. The fourth-order valence-electron chi connectivity index (χ4n) is 3.20. The Labute approximate surface area is 188 Å². The van der Waals surface area contributed by atoms with Gasteiger partial charge in [-0.2, -0.15) is 0 Å². The predicted octanol–water partition coefficient (Wildman–Crippen LogP) is 2.06. The van der Waals surface area contributed by atoms with E-state index in [9.17, 15) is 24.6 Å². The number of carbonyl (C=O) groups excluding carboxylic acids is 2. The number of amides is 2. The van der Waals surface area contributed by atoms with Crippen LogP contribution in [0, 0.1) is 0 Å². The molecule has 1 atom stereocenters. The zero-order valence-electron chi connectivity index (χ0n) is 19.1. The molecule has 1 aromatic carbocycles. The Morgan fingerprint density at radius 3 is 2.16 bits per heavy atom. The van der Waals surface area contributed by atoms with Gasteiger partial charge in [-0.25, -0.2) is 14.4 Å². The second-order valence-corrected chi connectivity index (χ2v) is 9.05. The highest BCUT2D eigenvalue weighted by molar-refractivity contribution is 5.84. The molecule has 0 aromatic heterocycles. The minimum atomic E-state index is -1.56. The summed E-state index contributed by atoms with van der Waals surface area (Å²) >= 11 is 0. The Hall–Kier alpha value is -3.01. The molecule has 10 heteroatoms. The van der Waals surface area contributed by atoms with Crippen LogP contribution in [0.1, 0.15) is 33.3 Å². The molecule has 3 N–H and O–H groups in total. The molecular formula is C22H33N3O7. The van der Waals surface area contributed by atoms with E-state index in [0.717, 1.165) is 0 Å². The summed E-state index contributed by atoms with van der Waals surface area (Å²) in [6, 6.07) is 6.11. The first kappa shape index (κ1) is 25.3. The number of carboxylic acid groups (broad SMARTS) is 1. The quantitative estimate of drug-likeness (QED) is 0.575. The number of rotatable bonds is 7. The van der Waals surface area contributed by atoms with Gasteiger partial charge in [0, 0.05) is 39.1 Å². The maximum atomic E-state index is 12.2. The lowest BCUT2D eigenvalue weighted by molar-refractivity contribution is -0.143. The third kappa shape index (κ3) is 7.92. The number of aromatic hydroxyl groups is 1. The lowest BCUT2D eigenvalue weighted by Crippen LogP contribution is -2.54. The standard InChI is InChI=1S/C22H33N3O7/c1-21(2,3)32-20(30)25-11-9-24(10-12-25)13-14-31-19(29)23-22(4,18(27)28)15-16-5-7-17(26)8-6-16/h5-8,26H,9-15H2,1-4H3,(H,23,29)(H,27,28). The van der Waals surface area contributed by atoms with Gasteiger partial charge >= 0.3 is 18.2 Å². The zero-order valence-corrected chi connectivity index (χ0v) is 19.1. The van der Waals surface area contributed by atoms with E-state index in [4.69, 9.17) is 9.47 Å². The van der Waals surface area contributed by atoms with Crippen LogP contribution < -0.4 is 5.32 Å². The average Bonchev–Trinajstić information content (AvgIpc) is 2.69. The second-order valence-electron chi connectivity index (χ2n) is 9.05. The van der Waals surface area contributed by atoms with Crippen LogP contribution in [-0.4, -0.2) is 88.6 Å². The normalized spacial score (nSPS) is 16.7. The third-order valence-corrected chi connectivity index (χ3v) is 5.01. The number of benzene rings is 1. The van der Waals surface area contributed by atoms with Gasteiger partial charge in [0.2, 0.25) is 0 Å². The predicted molar refractivity (Wildman–Crippen MR) is 117 cm³/mol. The Bertz CT molecular complexity index is 799. The van der Waals surface area contributed by atoms with Gasteiger partial charge in [0.15, 0.2) is 0 Å². The van der Waals surface area contributed by atoms with E-state index in [2.05, 4.69) is 10.2 Å². The SMILES string of the molecule is CC(C)(C)OC(=O)N1CCN(CCOC(=O)NC(C)(Cc2ccc(O)cc2)C(=O)O)CC1. The van der Waals surface area contributed by atoms with E-state index in [1.54, 1.807) is 17.0 Å². The lowest BCUT2D eigenvalue weighted by Gasteiger charge is -2.35. The van der Waals surface area contributed by atoms with Crippen LogP contribution in [0.4, 0.5) is 9.59 Å². The van der Waals surface area contributed by atoms with Gasteiger partial charge in [0.05, 0.1) is 0 Å². The maximum Gasteiger partial charge on any atom is 0.410 e. The fraction of sp³-hybridized carbons (Fsp3) is 0.591. The number of carboxylic acids is 1. The number of alkyl carbamates (subject to hydrolysis) is 1. The van der Waals surface area contributed by atoms with Crippen LogP contribution in [0.25, 0.3) is 0 Å². The summed E-state index contributed by atoms with van der Waals surface area (Å²) in [6.07, 6.45) is -1.12. The number of hydrogen-bond acceptors (Lipinski definition) is 7. The first-order valence-corrected chi connectivity index (χ1v) is 10.5. The van der Waals surface area contributed by atoms with Crippen molar-refractivity contribution in [1.82, 2.24) is 15.1 Å². The van der Waals surface area contributed by atoms with Crippen molar-refractivity contribution in [3.05, 3.63) is 29.8 Å². The van der Waals surface area contributed by atoms with Crippen LogP contribution >= 0.6 is 0 Å². The lowest BCUT2D eigenvalue weighted by atomic mass is 9.93. The molecule has 2 rings (SSSR count). The summed E-state index contributed by atoms with van der Waals surface area (Å²) in [7, 11) is 0. The molecule has 1 unspecified atom stereocenters. The molecule has 1 aromatic rings. The number of aliphatic carboxylic acids is 1. The van der Waals surface area contributed by atoms with Gasteiger partial charge in [0.1, 0.15) is 23.5 Å². The molecule has 1 aliphatic rings. The highest BCUT2D eigenvalue weighted by atomic mass is 16.6. The van der Waals surface area contributed by atoms with Crippen molar-refractivity contribution < 1.29 is 34.1 Å². The van der Waals surface area contributed by atoms with Crippen LogP contribution in [0.5, 0.6) is 5.75 Å². The molecule has 1 fully saturated rings. The molecule has 0 spiro atoms. The fourth-order valence-corrected chi connectivity index (χ4v) is 3.20. The molecule has 1 aliphatic heterocycles. The number of nitrogens with one attached hydrogen (secondary N) is 1. The smallest absolute Gasteiger partial charge is 0.410 e. The van der Waals surface area contributed by atoms with Crippen molar-refractivity contribution in [2.24, 2.45) is 0 Å². The molecular weight excluding hydrogens is 418 g/mol. The van der Waals surface area contributed by atoms with Crippen LogP contribution in [0.3, 0.4) is 0 Å². The van der Waals surface area contributed by atoms with Crippen molar-refractivity contribution in [3.63, 3.8) is 0 Å². The largest absolute Gasteiger partial charge is 0.508 e. The second kappa shape index (κ2) is 10.5. The topological polar surface area (TPSA) is 129 Å². The highest BCUT2D eigenvalue weighted by Crippen LogP contribution is 2.17. The van der Waals surface area contributed by atoms with E-state index in [1.807, 2.05) is 20.8 Å². The van der Waals surface area contributed by atoms with Crippen LogP contribution in [0.2, 0.25) is 0 Å². The van der Waals surface area contributed by atoms with Gasteiger partial charge in [-0.15, -0.1) is 0 Å². The van der Waals surface area contributed by atoms with Gasteiger partial charge in [-0.3, -0.25) is 4.90 Å².